The number of nitrogens with one attached hydrogen (secondary N) is 2. The predicted molar refractivity (Wildman–Crippen MR) is 108 cm³/mol. The maximum Gasteiger partial charge on any atom is 0.261 e. The van der Waals surface area contributed by atoms with Crippen LogP contribution in [0, 0.1) is 0 Å². The standard InChI is InChI=1S/C17H15ClN4O4S2/c1-27(23,24)22-16-8-7-12(10-19-16)13-9-15(17(18)20-11-13)21-28(25,26)14-5-3-2-4-6-14/h2-11,21H,1H3,(H,19,22). The van der Waals surface area contributed by atoms with Crippen LogP contribution in [0.3, 0.4) is 0 Å². The molecule has 0 amide bonds. The van der Waals surface area contributed by atoms with Gasteiger partial charge in [0, 0.05) is 23.5 Å². The second-order valence-corrected chi connectivity index (χ2v) is 9.58. The highest BCUT2D eigenvalue weighted by atomic mass is 35.5. The van der Waals surface area contributed by atoms with E-state index >= 15 is 0 Å². The molecule has 3 rings (SSSR count). The van der Waals surface area contributed by atoms with Gasteiger partial charge in [-0.25, -0.2) is 26.8 Å². The lowest BCUT2D eigenvalue weighted by molar-refractivity contribution is 0.600. The normalized spacial score (nSPS) is 11.8. The van der Waals surface area contributed by atoms with E-state index in [1.807, 2.05) is 0 Å². The molecule has 2 aromatic heterocycles. The fourth-order valence-corrected chi connectivity index (χ4v) is 4.08. The third-order valence-electron chi connectivity index (χ3n) is 3.52. The van der Waals surface area contributed by atoms with Crippen molar-refractivity contribution in [2.75, 3.05) is 15.7 Å². The van der Waals surface area contributed by atoms with Gasteiger partial charge in [-0.3, -0.25) is 9.44 Å². The first kappa shape index (κ1) is 20.1. The Morgan fingerprint density at radius 2 is 1.54 bits per heavy atom. The minimum absolute atomic E-state index is 0.00780. The van der Waals surface area contributed by atoms with Crippen LogP contribution in [0.2, 0.25) is 5.15 Å². The summed E-state index contributed by atoms with van der Waals surface area (Å²) in [7, 11) is -7.26. The SMILES string of the molecule is CS(=O)(=O)Nc1ccc(-c2cnc(Cl)c(NS(=O)(=O)c3ccccc3)c2)cn1. The Morgan fingerprint density at radius 1 is 0.857 bits per heavy atom. The van der Waals surface area contributed by atoms with Crippen molar-refractivity contribution in [2.45, 2.75) is 4.90 Å². The number of pyridine rings is 2. The van der Waals surface area contributed by atoms with Gasteiger partial charge in [0.2, 0.25) is 10.0 Å². The monoisotopic (exact) mass is 438 g/mol. The molecule has 8 nitrogen and oxygen atoms in total. The van der Waals surface area contributed by atoms with Gasteiger partial charge in [-0.2, -0.15) is 0 Å². The van der Waals surface area contributed by atoms with Crippen molar-refractivity contribution in [1.82, 2.24) is 9.97 Å². The van der Waals surface area contributed by atoms with E-state index in [1.54, 1.807) is 24.3 Å². The summed E-state index contributed by atoms with van der Waals surface area (Å²) in [5.41, 5.74) is 1.26. The maximum absolute atomic E-state index is 12.5. The molecule has 0 saturated carbocycles. The second-order valence-electron chi connectivity index (χ2n) is 5.79. The van der Waals surface area contributed by atoms with Crippen LogP contribution in [-0.2, 0) is 20.0 Å². The van der Waals surface area contributed by atoms with E-state index in [2.05, 4.69) is 19.4 Å². The van der Waals surface area contributed by atoms with E-state index in [0.29, 0.717) is 11.1 Å². The first-order valence-corrected chi connectivity index (χ1v) is 11.6. The molecule has 0 fully saturated rings. The van der Waals surface area contributed by atoms with E-state index < -0.39 is 20.0 Å². The van der Waals surface area contributed by atoms with Crippen LogP contribution in [-0.4, -0.2) is 33.1 Å². The predicted octanol–water partition coefficient (Wildman–Crippen LogP) is 2.97. The Bertz CT molecular complexity index is 1200. The van der Waals surface area contributed by atoms with Gasteiger partial charge in [0.05, 0.1) is 16.8 Å². The third-order valence-corrected chi connectivity index (χ3v) is 5.79. The molecule has 2 N–H and O–H groups in total. The Morgan fingerprint density at radius 3 is 2.14 bits per heavy atom. The van der Waals surface area contributed by atoms with Gasteiger partial charge in [-0.1, -0.05) is 29.8 Å². The fourth-order valence-electron chi connectivity index (χ4n) is 2.30. The molecule has 0 bridgehead atoms. The van der Waals surface area contributed by atoms with Crippen molar-refractivity contribution < 1.29 is 16.8 Å². The molecule has 146 valence electrons. The van der Waals surface area contributed by atoms with Crippen LogP contribution >= 0.6 is 11.6 Å². The van der Waals surface area contributed by atoms with Crippen molar-refractivity contribution in [1.29, 1.82) is 0 Å². The maximum atomic E-state index is 12.5. The van der Waals surface area contributed by atoms with Crippen molar-refractivity contribution in [2.24, 2.45) is 0 Å². The van der Waals surface area contributed by atoms with Gasteiger partial charge in [-0.15, -0.1) is 0 Å². The zero-order valence-electron chi connectivity index (χ0n) is 14.5. The van der Waals surface area contributed by atoms with Gasteiger partial charge < -0.3 is 0 Å². The van der Waals surface area contributed by atoms with Crippen molar-refractivity contribution >= 4 is 43.2 Å². The van der Waals surface area contributed by atoms with Gasteiger partial charge >= 0.3 is 0 Å². The topological polar surface area (TPSA) is 118 Å². The number of nitrogens with zero attached hydrogens (tertiary/aromatic N) is 2. The Balaban J connectivity index is 1.90. The summed E-state index contributed by atoms with van der Waals surface area (Å²) in [5, 5.41) is -0.00780. The lowest BCUT2D eigenvalue weighted by Gasteiger charge is -2.11. The van der Waals surface area contributed by atoms with Gasteiger partial charge in [-0.05, 0) is 30.3 Å². The fraction of sp³-hybridized carbons (Fsp3) is 0.0588. The summed E-state index contributed by atoms with van der Waals surface area (Å²) in [6.07, 6.45) is 3.92. The number of benzene rings is 1. The molecule has 0 aliphatic carbocycles. The van der Waals surface area contributed by atoms with Crippen LogP contribution in [0.25, 0.3) is 11.1 Å². The number of aromatic nitrogens is 2. The van der Waals surface area contributed by atoms with E-state index in [9.17, 15) is 16.8 Å². The van der Waals surface area contributed by atoms with E-state index in [0.717, 1.165) is 6.26 Å². The number of sulfonamides is 2. The Hall–Kier alpha value is -2.69. The molecular weight excluding hydrogens is 424 g/mol. The minimum atomic E-state index is -3.83. The summed E-state index contributed by atoms with van der Waals surface area (Å²) in [6, 6.07) is 12.5. The third kappa shape index (κ3) is 4.97. The molecule has 3 aromatic rings. The van der Waals surface area contributed by atoms with Crippen LogP contribution < -0.4 is 9.44 Å². The number of rotatable bonds is 6. The van der Waals surface area contributed by atoms with Crippen molar-refractivity contribution in [3.05, 3.63) is 66.1 Å². The molecule has 28 heavy (non-hydrogen) atoms. The Kier molecular flexibility index (Phi) is 5.54. The number of anilines is 2. The summed E-state index contributed by atoms with van der Waals surface area (Å²) >= 11 is 6.04. The lowest BCUT2D eigenvalue weighted by atomic mass is 10.1. The molecule has 0 aliphatic heterocycles. The summed E-state index contributed by atoms with van der Waals surface area (Å²) in [6.45, 7) is 0. The number of halogens is 1. The zero-order valence-corrected chi connectivity index (χ0v) is 16.9. The highest BCUT2D eigenvalue weighted by Crippen LogP contribution is 2.28. The molecule has 0 spiro atoms. The molecule has 0 atom stereocenters. The minimum Gasteiger partial charge on any atom is -0.276 e. The largest absolute Gasteiger partial charge is 0.276 e. The molecule has 2 heterocycles. The van der Waals surface area contributed by atoms with E-state index in [4.69, 9.17) is 11.6 Å². The lowest BCUT2D eigenvalue weighted by Crippen LogP contribution is -2.13. The highest BCUT2D eigenvalue weighted by Gasteiger charge is 2.16. The molecule has 0 saturated heterocycles. The van der Waals surface area contributed by atoms with E-state index in [1.165, 1.54) is 36.7 Å². The number of hydrogen-bond donors (Lipinski definition) is 2. The first-order chi connectivity index (χ1) is 13.1. The van der Waals surface area contributed by atoms with E-state index in [-0.39, 0.29) is 21.6 Å². The highest BCUT2D eigenvalue weighted by molar-refractivity contribution is 7.92. The van der Waals surface area contributed by atoms with Crippen LogP contribution in [0.4, 0.5) is 11.5 Å². The second kappa shape index (κ2) is 7.74. The quantitative estimate of drug-likeness (QED) is 0.571. The van der Waals surface area contributed by atoms with Crippen LogP contribution in [0.1, 0.15) is 0 Å². The Labute approximate surface area is 167 Å². The zero-order chi connectivity index (χ0) is 20.4. The van der Waals surface area contributed by atoms with Crippen molar-refractivity contribution in [3.63, 3.8) is 0 Å². The number of hydrogen-bond acceptors (Lipinski definition) is 6. The molecule has 0 unspecified atom stereocenters. The van der Waals surface area contributed by atoms with Gasteiger partial charge in [0.1, 0.15) is 5.82 Å². The molecule has 0 aliphatic rings. The van der Waals surface area contributed by atoms with Crippen molar-refractivity contribution in [3.8, 4) is 11.1 Å². The summed E-state index contributed by atoms with van der Waals surface area (Å²) in [4.78, 5) is 8.13. The molecule has 11 heteroatoms. The molecule has 0 radical (unpaired) electrons. The van der Waals surface area contributed by atoms with Gasteiger partial charge in [0.25, 0.3) is 10.0 Å². The average Bonchev–Trinajstić information content (AvgIpc) is 2.63. The van der Waals surface area contributed by atoms with Crippen LogP contribution in [0.15, 0.2) is 65.8 Å². The first-order valence-electron chi connectivity index (χ1n) is 7.82. The summed E-state index contributed by atoms with van der Waals surface area (Å²) < 4.78 is 52.2. The smallest absolute Gasteiger partial charge is 0.261 e. The summed E-state index contributed by atoms with van der Waals surface area (Å²) in [5.74, 6) is 0.165. The molecular formula is C17H15ClN4O4S2. The van der Waals surface area contributed by atoms with Gasteiger partial charge in [0.15, 0.2) is 5.15 Å². The molecule has 1 aromatic carbocycles. The van der Waals surface area contributed by atoms with Crippen LogP contribution in [0.5, 0.6) is 0 Å². The average molecular weight is 439 g/mol.